The van der Waals surface area contributed by atoms with E-state index in [1.165, 1.54) is 11.8 Å². The Morgan fingerprint density at radius 3 is 2.80 bits per heavy atom. The second kappa shape index (κ2) is 7.23. The van der Waals surface area contributed by atoms with Gasteiger partial charge in [-0.25, -0.2) is 0 Å². The van der Waals surface area contributed by atoms with E-state index in [0.29, 0.717) is 30.1 Å². The fourth-order valence-electron chi connectivity index (χ4n) is 3.26. The number of nitrogens with one attached hydrogen (secondary N) is 1. The van der Waals surface area contributed by atoms with Gasteiger partial charge in [0, 0.05) is 25.2 Å². The van der Waals surface area contributed by atoms with Gasteiger partial charge in [-0.3, -0.25) is 19.3 Å². The highest BCUT2D eigenvalue weighted by molar-refractivity contribution is 6.05. The molecule has 1 N–H and O–H groups in total. The van der Waals surface area contributed by atoms with Crippen LogP contribution in [-0.4, -0.2) is 61.3 Å². The Morgan fingerprint density at radius 1 is 1.24 bits per heavy atom. The van der Waals surface area contributed by atoms with Crippen molar-refractivity contribution in [3.63, 3.8) is 0 Å². The standard InChI is InChI=1S/C18H23N3O4/c1-12(18(24)20-8-3-6-19-7-9-20)21-15-10-14(13(2)22)4-5-16(15)25-11-17(21)23/h4-5,10,12,19H,3,6-9,11H2,1-2H3. The predicted molar refractivity (Wildman–Crippen MR) is 93.0 cm³/mol. The van der Waals surface area contributed by atoms with E-state index in [-0.39, 0.29) is 24.2 Å². The lowest BCUT2D eigenvalue weighted by Crippen LogP contribution is -2.53. The third-order valence-electron chi connectivity index (χ3n) is 4.64. The number of nitrogens with zero attached hydrogens (tertiary/aromatic N) is 2. The van der Waals surface area contributed by atoms with E-state index >= 15 is 0 Å². The van der Waals surface area contributed by atoms with Gasteiger partial charge in [-0.2, -0.15) is 0 Å². The summed E-state index contributed by atoms with van der Waals surface area (Å²) in [7, 11) is 0. The van der Waals surface area contributed by atoms with Crippen molar-refractivity contribution in [1.82, 2.24) is 10.2 Å². The van der Waals surface area contributed by atoms with E-state index in [4.69, 9.17) is 4.74 Å². The molecule has 134 valence electrons. The number of anilines is 1. The van der Waals surface area contributed by atoms with Gasteiger partial charge in [-0.1, -0.05) is 0 Å². The number of carbonyl (C=O) groups excluding carboxylic acids is 3. The van der Waals surface area contributed by atoms with E-state index in [9.17, 15) is 14.4 Å². The summed E-state index contributed by atoms with van der Waals surface area (Å²) >= 11 is 0. The number of Topliss-reactive ketones (excluding diaryl/α,β-unsaturated/α-hetero) is 1. The van der Waals surface area contributed by atoms with E-state index in [2.05, 4.69) is 5.32 Å². The molecule has 1 atom stereocenters. The van der Waals surface area contributed by atoms with Gasteiger partial charge in [0.2, 0.25) is 5.91 Å². The molecule has 2 heterocycles. The third kappa shape index (κ3) is 3.51. The first-order chi connectivity index (χ1) is 12.0. The van der Waals surface area contributed by atoms with Crippen LogP contribution in [-0.2, 0) is 9.59 Å². The molecule has 1 saturated heterocycles. The average molecular weight is 345 g/mol. The van der Waals surface area contributed by atoms with Crippen LogP contribution < -0.4 is 15.0 Å². The van der Waals surface area contributed by atoms with Gasteiger partial charge in [0.05, 0.1) is 5.69 Å². The molecule has 0 bridgehead atoms. The second-order valence-corrected chi connectivity index (χ2v) is 6.40. The number of fused-ring (bicyclic) bond motifs is 1. The number of ether oxygens (including phenoxy) is 1. The second-order valence-electron chi connectivity index (χ2n) is 6.40. The summed E-state index contributed by atoms with van der Waals surface area (Å²) in [6.45, 7) is 6.03. The lowest BCUT2D eigenvalue weighted by Gasteiger charge is -2.35. The minimum atomic E-state index is -0.643. The molecule has 0 aliphatic carbocycles. The molecule has 1 aromatic rings. The molecule has 3 rings (SSSR count). The lowest BCUT2D eigenvalue weighted by atomic mass is 10.1. The van der Waals surface area contributed by atoms with Crippen LogP contribution >= 0.6 is 0 Å². The van der Waals surface area contributed by atoms with Crippen molar-refractivity contribution >= 4 is 23.3 Å². The lowest BCUT2D eigenvalue weighted by molar-refractivity contribution is -0.134. The van der Waals surface area contributed by atoms with Crippen LogP contribution in [0.4, 0.5) is 5.69 Å². The van der Waals surface area contributed by atoms with Crippen LogP contribution in [0, 0.1) is 0 Å². The van der Waals surface area contributed by atoms with Crippen molar-refractivity contribution in [1.29, 1.82) is 0 Å². The highest BCUT2D eigenvalue weighted by atomic mass is 16.5. The van der Waals surface area contributed by atoms with Gasteiger partial charge in [0.15, 0.2) is 12.4 Å². The number of amides is 2. The molecule has 0 saturated carbocycles. The van der Waals surface area contributed by atoms with E-state index in [0.717, 1.165) is 19.5 Å². The zero-order valence-electron chi connectivity index (χ0n) is 14.6. The van der Waals surface area contributed by atoms with E-state index in [1.54, 1.807) is 30.0 Å². The van der Waals surface area contributed by atoms with E-state index in [1.807, 2.05) is 0 Å². The third-order valence-corrected chi connectivity index (χ3v) is 4.64. The molecular weight excluding hydrogens is 322 g/mol. The average Bonchev–Trinajstić information content (AvgIpc) is 2.89. The summed E-state index contributed by atoms with van der Waals surface area (Å²) < 4.78 is 5.46. The van der Waals surface area contributed by atoms with Crippen LogP contribution in [0.3, 0.4) is 0 Å². The fourth-order valence-corrected chi connectivity index (χ4v) is 3.26. The van der Waals surface area contributed by atoms with Crippen molar-refractivity contribution in [2.24, 2.45) is 0 Å². The van der Waals surface area contributed by atoms with Crippen LogP contribution in [0.15, 0.2) is 18.2 Å². The molecule has 7 nitrogen and oxygen atoms in total. The smallest absolute Gasteiger partial charge is 0.265 e. The number of ketones is 1. The molecule has 0 radical (unpaired) electrons. The topological polar surface area (TPSA) is 79.0 Å². The Balaban J connectivity index is 1.90. The summed E-state index contributed by atoms with van der Waals surface area (Å²) in [5.41, 5.74) is 0.971. The molecule has 2 amide bonds. The van der Waals surface area contributed by atoms with Crippen molar-refractivity contribution in [2.75, 3.05) is 37.7 Å². The largest absolute Gasteiger partial charge is 0.482 e. The van der Waals surface area contributed by atoms with Crippen molar-refractivity contribution < 1.29 is 19.1 Å². The number of hydrogen-bond donors (Lipinski definition) is 1. The van der Waals surface area contributed by atoms with Gasteiger partial charge in [-0.05, 0) is 45.0 Å². The van der Waals surface area contributed by atoms with Gasteiger partial charge in [0.25, 0.3) is 5.91 Å². The molecule has 1 unspecified atom stereocenters. The Hall–Kier alpha value is -2.41. The zero-order chi connectivity index (χ0) is 18.0. The van der Waals surface area contributed by atoms with Gasteiger partial charge >= 0.3 is 0 Å². The number of carbonyl (C=O) groups is 3. The molecule has 7 heteroatoms. The first-order valence-corrected chi connectivity index (χ1v) is 8.58. The monoisotopic (exact) mass is 345 g/mol. The van der Waals surface area contributed by atoms with Gasteiger partial charge < -0.3 is 15.0 Å². The van der Waals surface area contributed by atoms with Crippen molar-refractivity contribution in [2.45, 2.75) is 26.3 Å². The van der Waals surface area contributed by atoms with Crippen LogP contribution in [0.2, 0.25) is 0 Å². The molecule has 1 aromatic carbocycles. The molecule has 0 aromatic heterocycles. The van der Waals surface area contributed by atoms with Crippen molar-refractivity contribution in [3.05, 3.63) is 23.8 Å². The number of benzene rings is 1. The Bertz CT molecular complexity index is 696. The molecule has 2 aliphatic heterocycles. The summed E-state index contributed by atoms with van der Waals surface area (Å²) in [4.78, 5) is 40.3. The molecule has 1 fully saturated rings. The Kier molecular flexibility index (Phi) is 5.03. The maximum atomic E-state index is 12.9. The van der Waals surface area contributed by atoms with Crippen LogP contribution in [0.1, 0.15) is 30.6 Å². The fraction of sp³-hybridized carbons (Fsp3) is 0.500. The quantitative estimate of drug-likeness (QED) is 0.821. The summed E-state index contributed by atoms with van der Waals surface area (Å²) in [6, 6.07) is 4.33. The van der Waals surface area contributed by atoms with Gasteiger partial charge in [-0.15, -0.1) is 0 Å². The normalized spacial score (nSPS) is 18.9. The maximum absolute atomic E-state index is 12.9. The first kappa shape index (κ1) is 17.4. The summed E-state index contributed by atoms with van der Waals surface area (Å²) in [5.74, 6) is 0.0558. The van der Waals surface area contributed by atoms with Crippen LogP contribution in [0.5, 0.6) is 5.75 Å². The molecule has 2 aliphatic rings. The minimum Gasteiger partial charge on any atom is -0.482 e. The summed E-state index contributed by atoms with van der Waals surface area (Å²) in [6.07, 6.45) is 0.889. The maximum Gasteiger partial charge on any atom is 0.265 e. The highest BCUT2D eigenvalue weighted by Crippen LogP contribution is 2.34. The predicted octanol–water partition coefficient (Wildman–Crippen LogP) is 0.825. The molecule has 0 spiro atoms. The minimum absolute atomic E-state index is 0.0851. The van der Waals surface area contributed by atoms with Gasteiger partial charge in [0.1, 0.15) is 11.8 Å². The molecule has 25 heavy (non-hydrogen) atoms. The number of rotatable bonds is 3. The zero-order valence-corrected chi connectivity index (χ0v) is 14.6. The van der Waals surface area contributed by atoms with E-state index < -0.39 is 6.04 Å². The Labute approximate surface area is 146 Å². The molecular formula is C18H23N3O4. The number of hydrogen-bond acceptors (Lipinski definition) is 5. The summed E-state index contributed by atoms with van der Waals surface area (Å²) in [5, 5.41) is 3.26. The SMILES string of the molecule is CC(=O)c1ccc2c(c1)N(C(C)C(=O)N1CCCNCC1)C(=O)CO2. The van der Waals surface area contributed by atoms with Crippen LogP contribution in [0.25, 0.3) is 0 Å². The first-order valence-electron chi connectivity index (χ1n) is 8.58. The van der Waals surface area contributed by atoms with Crippen molar-refractivity contribution in [3.8, 4) is 5.75 Å². The highest BCUT2D eigenvalue weighted by Gasteiger charge is 2.35. The Morgan fingerprint density at radius 2 is 2.04 bits per heavy atom.